The van der Waals surface area contributed by atoms with Gasteiger partial charge < -0.3 is 10.6 Å². The highest BCUT2D eigenvalue weighted by Crippen LogP contribution is 2.27. The molecule has 0 saturated carbocycles. The van der Waals surface area contributed by atoms with Gasteiger partial charge in [0.25, 0.3) is 0 Å². The molecule has 0 bridgehead atoms. The molecule has 0 spiro atoms. The predicted octanol–water partition coefficient (Wildman–Crippen LogP) is 0.725. The topological polar surface area (TPSA) is 75.4 Å². The Labute approximate surface area is 112 Å². The van der Waals surface area contributed by atoms with Crippen LogP contribution in [0.4, 0.5) is 11.4 Å². The van der Waals surface area contributed by atoms with E-state index in [9.17, 15) is 9.59 Å². The van der Waals surface area contributed by atoms with Crippen molar-refractivity contribution in [3.05, 3.63) is 21.8 Å². The minimum absolute atomic E-state index is 0.187. The van der Waals surface area contributed by atoms with Crippen LogP contribution < -0.4 is 16.0 Å². The van der Waals surface area contributed by atoms with Crippen LogP contribution in [0.1, 0.15) is 6.92 Å². The number of hydrogen-bond donors (Lipinski definition) is 2. The average molecular weight is 345 g/mol. The third kappa shape index (κ3) is 2.36. The van der Waals surface area contributed by atoms with Crippen LogP contribution in [0.5, 0.6) is 0 Å². The van der Waals surface area contributed by atoms with Gasteiger partial charge in [-0.15, -0.1) is 0 Å². The summed E-state index contributed by atoms with van der Waals surface area (Å²) in [6.45, 7) is 1.96. The Morgan fingerprint density at radius 1 is 1.47 bits per heavy atom. The van der Waals surface area contributed by atoms with Crippen molar-refractivity contribution in [2.24, 2.45) is 0 Å². The molecule has 1 unspecified atom stereocenters. The first-order chi connectivity index (χ1) is 7.99. The van der Waals surface area contributed by atoms with Crippen LogP contribution in [0.15, 0.2) is 18.2 Å². The highest BCUT2D eigenvalue weighted by molar-refractivity contribution is 14.1. The zero-order chi connectivity index (χ0) is 12.6. The van der Waals surface area contributed by atoms with E-state index in [0.29, 0.717) is 5.69 Å². The molecule has 1 heterocycles. The molecule has 0 aliphatic carbocycles. The maximum absolute atomic E-state index is 11.6. The SMILES string of the molecule is CC1C(=O)NC(=O)CN1c1ccc(N)cc1I. The third-order valence-electron chi connectivity index (χ3n) is 2.70. The number of nitrogens with two attached hydrogens (primary N) is 1. The number of nitrogen functional groups attached to an aromatic ring is 1. The van der Waals surface area contributed by atoms with E-state index in [-0.39, 0.29) is 24.4 Å². The fourth-order valence-electron chi connectivity index (χ4n) is 1.76. The summed E-state index contributed by atoms with van der Waals surface area (Å²) in [5.41, 5.74) is 7.20. The normalized spacial score (nSPS) is 20.4. The Morgan fingerprint density at radius 3 is 2.82 bits per heavy atom. The number of anilines is 2. The quantitative estimate of drug-likeness (QED) is 0.447. The van der Waals surface area contributed by atoms with Crippen molar-refractivity contribution in [3.63, 3.8) is 0 Å². The summed E-state index contributed by atoms with van der Waals surface area (Å²) in [7, 11) is 0. The smallest absolute Gasteiger partial charge is 0.249 e. The molecule has 1 aromatic rings. The van der Waals surface area contributed by atoms with E-state index in [2.05, 4.69) is 27.9 Å². The predicted molar refractivity (Wildman–Crippen MR) is 73.5 cm³/mol. The largest absolute Gasteiger partial charge is 0.399 e. The van der Waals surface area contributed by atoms with Gasteiger partial charge in [-0.3, -0.25) is 14.9 Å². The number of nitrogens with one attached hydrogen (secondary N) is 1. The second-order valence-corrected chi connectivity index (χ2v) is 5.09. The van der Waals surface area contributed by atoms with Crippen molar-refractivity contribution in [3.8, 4) is 0 Å². The molecule has 1 aliphatic heterocycles. The van der Waals surface area contributed by atoms with E-state index in [4.69, 9.17) is 5.73 Å². The lowest BCUT2D eigenvalue weighted by Crippen LogP contribution is -2.57. The number of nitrogens with zero attached hydrogens (tertiary/aromatic N) is 1. The first kappa shape index (κ1) is 12.2. The molecule has 90 valence electrons. The van der Waals surface area contributed by atoms with Crippen LogP contribution in [-0.4, -0.2) is 24.4 Å². The highest BCUT2D eigenvalue weighted by atomic mass is 127. The van der Waals surface area contributed by atoms with Crippen LogP contribution in [0.25, 0.3) is 0 Å². The van der Waals surface area contributed by atoms with Crippen LogP contribution in [0, 0.1) is 3.57 Å². The molecule has 1 aliphatic rings. The average Bonchev–Trinajstić information content (AvgIpc) is 2.24. The van der Waals surface area contributed by atoms with Gasteiger partial charge in [0.05, 0.1) is 12.2 Å². The zero-order valence-electron chi connectivity index (χ0n) is 9.24. The molecule has 1 fully saturated rings. The standard InChI is InChI=1S/C11H12IN3O2/c1-6-11(17)14-10(16)5-15(6)9-3-2-7(13)4-8(9)12/h2-4,6H,5,13H2,1H3,(H,14,16,17). The van der Waals surface area contributed by atoms with Crippen molar-refractivity contribution in [1.29, 1.82) is 0 Å². The number of halogens is 1. The van der Waals surface area contributed by atoms with E-state index in [1.165, 1.54) is 0 Å². The molecule has 1 aromatic carbocycles. The summed E-state index contributed by atoms with van der Waals surface area (Å²) >= 11 is 2.15. The first-order valence-electron chi connectivity index (χ1n) is 5.14. The Balaban J connectivity index is 2.37. The van der Waals surface area contributed by atoms with E-state index in [1.54, 1.807) is 17.9 Å². The van der Waals surface area contributed by atoms with Crippen LogP contribution in [0.2, 0.25) is 0 Å². The number of carbonyl (C=O) groups excluding carboxylic acids is 2. The second-order valence-electron chi connectivity index (χ2n) is 3.93. The van der Waals surface area contributed by atoms with Crippen LogP contribution in [0.3, 0.4) is 0 Å². The van der Waals surface area contributed by atoms with Crippen LogP contribution >= 0.6 is 22.6 Å². The van der Waals surface area contributed by atoms with Gasteiger partial charge >= 0.3 is 0 Å². The van der Waals surface area contributed by atoms with E-state index in [0.717, 1.165) is 9.26 Å². The van der Waals surface area contributed by atoms with Gasteiger partial charge in [0.2, 0.25) is 11.8 Å². The molecule has 0 aromatic heterocycles. The number of hydrogen-bond acceptors (Lipinski definition) is 4. The van der Waals surface area contributed by atoms with Crippen molar-refractivity contribution < 1.29 is 9.59 Å². The number of imide groups is 1. The fourth-order valence-corrected chi connectivity index (χ4v) is 2.61. The lowest BCUT2D eigenvalue weighted by atomic mass is 10.1. The summed E-state index contributed by atoms with van der Waals surface area (Å²) < 4.78 is 0.928. The fraction of sp³-hybridized carbons (Fsp3) is 0.273. The maximum atomic E-state index is 11.6. The van der Waals surface area contributed by atoms with Gasteiger partial charge in [-0.1, -0.05) is 0 Å². The minimum Gasteiger partial charge on any atom is -0.399 e. The van der Waals surface area contributed by atoms with Gasteiger partial charge in [-0.25, -0.2) is 0 Å². The van der Waals surface area contributed by atoms with Crippen molar-refractivity contribution >= 4 is 45.8 Å². The number of carbonyl (C=O) groups is 2. The van der Waals surface area contributed by atoms with Gasteiger partial charge in [-0.05, 0) is 47.7 Å². The molecular formula is C11H12IN3O2. The molecule has 0 radical (unpaired) electrons. The lowest BCUT2D eigenvalue weighted by molar-refractivity contribution is -0.132. The molecule has 2 rings (SSSR count). The molecule has 6 heteroatoms. The van der Waals surface area contributed by atoms with Gasteiger partial charge in [0, 0.05) is 9.26 Å². The van der Waals surface area contributed by atoms with Gasteiger partial charge in [-0.2, -0.15) is 0 Å². The monoisotopic (exact) mass is 345 g/mol. The molecule has 2 amide bonds. The number of rotatable bonds is 1. The summed E-state index contributed by atoms with van der Waals surface area (Å²) in [6, 6.07) is 5.06. The number of benzene rings is 1. The maximum Gasteiger partial charge on any atom is 0.249 e. The summed E-state index contributed by atoms with van der Waals surface area (Å²) in [5.74, 6) is -0.547. The molecule has 17 heavy (non-hydrogen) atoms. The Morgan fingerprint density at radius 2 is 2.18 bits per heavy atom. The summed E-state index contributed by atoms with van der Waals surface area (Å²) in [5, 5.41) is 2.31. The lowest BCUT2D eigenvalue weighted by Gasteiger charge is -2.34. The van der Waals surface area contributed by atoms with E-state index in [1.807, 2.05) is 12.1 Å². The Bertz CT molecular complexity index is 490. The summed E-state index contributed by atoms with van der Waals surface area (Å²) in [6.07, 6.45) is 0. The van der Waals surface area contributed by atoms with Crippen molar-refractivity contribution in [1.82, 2.24) is 5.32 Å². The van der Waals surface area contributed by atoms with Crippen molar-refractivity contribution in [2.45, 2.75) is 13.0 Å². The van der Waals surface area contributed by atoms with E-state index >= 15 is 0 Å². The summed E-state index contributed by atoms with van der Waals surface area (Å²) in [4.78, 5) is 24.7. The van der Waals surface area contributed by atoms with Crippen LogP contribution in [-0.2, 0) is 9.59 Å². The highest BCUT2D eigenvalue weighted by Gasteiger charge is 2.31. The molecule has 1 atom stereocenters. The van der Waals surface area contributed by atoms with E-state index < -0.39 is 0 Å². The second kappa shape index (κ2) is 4.52. The van der Waals surface area contributed by atoms with Gasteiger partial charge in [0.1, 0.15) is 6.04 Å². The molecule has 1 saturated heterocycles. The van der Waals surface area contributed by atoms with Crippen molar-refractivity contribution in [2.75, 3.05) is 17.2 Å². The zero-order valence-corrected chi connectivity index (χ0v) is 11.4. The third-order valence-corrected chi connectivity index (χ3v) is 3.57. The molecule has 3 N–H and O–H groups in total. The van der Waals surface area contributed by atoms with Gasteiger partial charge in [0.15, 0.2) is 0 Å². The minimum atomic E-state index is -0.357. The molecular weight excluding hydrogens is 333 g/mol. The first-order valence-corrected chi connectivity index (χ1v) is 6.22. The number of amides is 2. The Hall–Kier alpha value is -1.31. The Kier molecular flexibility index (Phi) is 3.23. The molecule has 5 nitrogen and oxygen atoms in total. The number of piperazine rings is 1.